The van der Waals surface area contributed by atoms with Gasteiger partial charge < -0.3 is 11.1 Å². The van der Waals surface area contributed by atoms with E-state index in [-0.39, 0.29) is 18.0 Å². The lowest BCUT2D eigenvalue weighted by Crippen LogP contribution is -2.57. The maximum atomic E-state index is 11.4. The summed E-state index contributed by atoms with van der Waals surface area (Å²) in [5, 5.41) is 5.23. The van der Waals surface area contributed by atoms with Crippen LogP contribution in [-0.2, 0) is 4.79 Å². The highest BCUT2D eigenvalue weighted by Gasteiger charge is 2.31. The first-order chi connectivity index (χ1) is 8.09. The number of amides is 1. The third kappa shape index (κ3) is 2.80. The third-order valence-electron chi connectivity index (χ3n) is 3.18. The molecule has 6 heteroatoms. The van der Waals surface area contributed by atoms with Crippen molar-refractivity contribution < 1.29 is 4.79 Å². The molecule has 2 atom stereocenters. The Labute approximate surface area is 110 Å². The second-order valence-corrected chi connectivity index (χ2v) is 5.76. The maximum Gasteiger partial charge on any atom is 0.236 e. The number of piperazine rings is 1. The quantitative estimate of drug-likeness (QED) is 0.871. The van der Waals surface area contributed by atoms with Crippen LogP contribution in [0.5, 0.6) is 0 Å². The summed E-state index contributed by atoms with van der Waals surface area (Å²) in [5.74, 6) is -0.273. The average Bonchev–Trinajstić information content (AvgIpc) is 2.75. The van der Waals surface area contributed by atoms with E-state index in [0.717, 1.165) is 23.0 Å². The molecule has 0 aliphatic carbocycles. The van der Waals surface area contributed by atoms with E-state index in [1.807, 2.05) is 11.4 Å². The van der Waals surface area contributed by atoms with Gasteiger partial charge in [-0.2, -0.15) is 0 Å². The van der Waals surface area contributed by atoms with Gasteiger partial charge in [0.1, 0.15) is 6.04 Å². The van der Waals surface area contributed by atoms with Crippen molar-refractivity contribution in [3.63, 3.8) is 0 Å². The first-order valence-electron chi connectivity index (χ1n) is 5.59. The van der Waals surface area contributed by atoms with E-state index >= 15 is 0 Å². The average molecular weight is 274 g/mol. The number of thiophene rings is 1. The van der Waals surface area contributed by atoms with E-state index < -0.39 is 0 Å². The van der Waals surface area contributed by atoms with Gasteiger partial charge >= 0.3 is 0 Å². The Balaban J connectivity index is 2.16. The molecule has 94 valence electrons. The lowest BCUT2D eigenvalue weighted by molar-refractivity contribution is -0.124. The van der Waals surface area contributed by atoms with Gasteiger partial charge in [-0.25, -0.2) is 0 Å². The van der Waals surface area contributed by atoms with Gasteiger partial charge in [-0.1, -0.05) is 11.6 Å². The van der Waals surface area contributed by atoms with Crippen LogP contribution in [0, 0.1) is 0 Å². The van der Waals surface area contributed by atoms with Crippen LogP contribution >= 0.6 is 22.9 Å². The number of nitrogens with zero attached hydrogens (tertiary/aromatic N) is 1. The van der Waals surface area contributed by atoms with Gasteiger partial charge in [-0.15, -0.1) is 11.3 Å². The molecule has 1 aliphatic heterocycles. The summed E-state index contributed by atoms with van der Waals surface area (Å²) in [6.45, 7) is 4.41. The number of rotatable bonds is 3. The van der Waals surface area contributed by atoms with Gasteiger partial charge in [0.2, 0.25) is 5.91 Å². The molecule has 4 nitrogen and oxygen atoms in total. The van der Waals surface area contributed by atoms with E-state index in [4.69, 9.17) is 17.3 Å². The summed E-state index contributed by atoms with van der Waals surface area (Å²) in [7, 11) is 0. The van der Waals surface area contributed by atoms with Gasteiger partial charge in [0, 0.05) is 25.7 Å². The zero-order chi connectivity index (χ0) is 12.4. The smallest absolute Gasteiger partial charge is 0.236 e. The highest BCUT2D eigenvalue weighted by atomic mass is 35.5. The normalized spacial score (nSPS) is 23.5. The fourth-order valence-corrected chi connectivity index (χ4v) is 3.16. The van der Waals surface area contributed by atoms with Crippen LogP contribution in [0.3, 0.4) is 0 Å². The van der Waals surface area contributed by atoms with Crippen LogP contribution in [0.2, 0.25) is 4.34 Å². The molecule has 3 N–H and O–H groups in total. The zero-order valence-electron chi connectivity index (χ0n) is 9.65. The highest BCUT2D eigenvalue weighted by Crippen LogP contribution is 2.29. The molecule has 17 heavy (non-hydrogen) atoms. The molecule has 1 aliphatic rings. The van der Waals surface area contributed by atoms with E-state index in [1.165, 1.54) is 11.3 Å². The van der Waals surface area contributed by atoms with Gasteiger partial charge in [0.25, 0.3) is 0 Å². The Morgan fingerprint density at radius 2 is 2.53 bits per heavy atom. The summed E-state index contributed by atoms with van der Waals surface area (Å²) in [4.78, 5) is 13.6. The van der Waals surface area contributed by atoms with Crippen molar-refractivity contribution in [2.75, 3.05) is 19.6 Å². The van der Waals surface area contributed by atoms with Crippen LogP contribution in [0.4, 0.5) is 0 Å². The number of carbonyl (C=O) groups is 1. The minimum atomic E-state index is -0.273. The van der Waals surface area contributed by atoms with Gasteiger partial charge in [-0.3, -0.25) is 9.69 Å². The molecular weight excluding hydrogens is 258 g/mol. The summed E-state index contributed by atoms with van der Waals surface area (Å²) in [5.41, 5.74) is 6.58. The van der Waals surface area contributed by atoms with E-state index in [2.05, 4.69) is 17.1 Å². The van der Waals surface area contributed by atoms with E-state index in [9.17, 15) is 4.79 Å². The molecule has 0 spiro atoms. The minimum absolute atomic E-state index is 0.165. The van der Waals surface area contributed by atoms with Gasteiger partial charge in [0.15, 0.2) is 0 Å². The topological polar surface area (TPSA) is 58.4 Å². The minimum Gasteiger partial charge on any atom is -0.368 e. The molecule has 0 aromatic carbocycles. The Morgan fingerprint density at radius 1 is 1.76 bits per heavy atom. The van der Waals surface area contributed by atoms with Crippen molar-refractivity contribution in [1.29, 1.82) is 0 Å². The van der Waals surface area contributed by atoms with E-state index in [0.29, 0.717) is 6.54 Å². The predicted molar refractivity (Wildman–Crippen MR) is 70.3 cm³/mol. The van der Waals surface area contributed by atoms with E-state index in [1.54, 1.807) is 0 Å². The van der Waals surface area contributed by atoms with Crippen LogP contribution in [0.1, 0.15) is 18.5 Å². The van der Waals surface area contributed by atoms with Crippen LogP contribution < -0.4 is 11.1 Å². The van der Waals surface area contributed by atoms with Gasteiger partial charge in [-0.05, 0) is 23.9 Å². The lowest BCUT2D eigenvalue weighted by Gasteiger charge is -2.38. The van der Waals surface area contributed by atoms with Crippen LogP contribution in [0.25, 0.3) is 0 Å². The SMILES string of the molecule is CC(c1csc(Cl)c1)N1CCNCC1C(N)=O. The maximum absolute atomic E-state index is 11.4. The van der Waals surface area contributed by atoms with Crippen molar-refractivity contribution >= 4 is 28.8 Å². The molecule has 2 rings (SSSR count). The number of primary amides is 1. The predicted octanol–water partition coefficient (Wildman–Crippen LogP) is 1.22. The number of nitrogens with two attached hydrogens (primary N) is 1. The zero-order valence-corrected chi connectivity index (χ0v) is 11.2. The molecule has 0 saturated carbocycles. The second kappa shape index (κ2) is 5.35. The standard InChI is InChI=1S/C11H16ClN3OS/c1-7(8-4-10(12)17-6-8)15-3-2-14-5-9(15)11(13)16/h4,6-7,9,14H,2-3,5H2,1H3,(H2,13,16). The fourth-order valence-electron chi connectivity index (χ4n) is 2.18. The van der Waals surface area contributed by atoms with Crippen molar-refractivity contribution in [3.8, 4) is 0 Å². The lowest BCUT2D eigenvalue weighted by atomic mass is 10.1. The Morgan fingerprint density at radius 3 is 3.12 bits per heavy atom. The number of hydrogen-bond donors (Lipinski definition) is 2. The number of hydrogen-bond acceptors (Lipinski definition) is 4. The summed E-state index contributed by atoms with van der Waals surface area (Å²) >= 11 is 7.45. The molecule has 1 amide bonds. The monoisotopic (exact) mass is 273 g/mol. The summed E-state index contributed by atoms with van der Waals surface area (Å²) < 4.78 is 0.776. The van der Waals surface area contributed by atoms with Crippen LogP contribution in [0.15, 0.2) is 11.4 Å². The van der Waals surface area contributed by atoms with Crippen molar-refractivity contribution in [2.24, 2.45) is 5.73 Å². The number of nitrogens with one attached hydrogen (secondary N) is 1. The largest absolute Gasteiger partial charge is 0.368 e. The second-order valence-electron chi connectivity index (χ2n) is 4.22. The summed E-state index contributed by atoms with van der Waals surface area (Å²) in [6, 6.07) is 1.88. The summed E-state index contributed by atoms with van der Waals surface area (Å²) in [6.07, 6.45) is 0. The Hall–Kier alpha value is -0.620. The third-order valence-corrected chi connectivity index (χ3v) is 4.29. The molecule has 0 bridgehead atoms. The molecule has 0 radical (unpaired) electrons. The van der Waals surface area contributed by atoms with Crippen molar-refractivity contribution in [3.05, 3.63) is 21.3 Å². The molecule has 1 aromatic heterocycles. The molecule has 2 unspecified atom stereocenters. The molecule has 1 saturated heterocycles. The molecule has 1 fully saturated rings. The fraction of sp³-hybridized carbons (Fsp3) is 0.545. The van der Waals surface area contributed by atoms with Crippen molar-refractivity contribution in [1.82, 2.24) is 10.2 Å². The molecule has 1 aromatic rings. The van der Waals surface area contributed by atoms with Crippen molar-refractivity contribution in [2.45, 2.75) is 19.0 Å². The Bertz CT molecular complexity index is 409. The first kappa shape index (κ1) is 12.8. The number of carbonyl (C=O) groups excluding carboxylic acids is 1. The van der Waals surface area contributed by atoms with Gasteiger partial charge in [0.05, 0.1) is 4.34 Å². The first-order valence-corrected chi connectivity index (χ1v) is 6.85. The molecular formula is C11H16ClN3OS. The molecule has 2 heterocycles. The van der Waals surface area contributed by atoms with Crippen LogP contribution in [-0.4, -0.2) is 36.5 Å². The Kier molecular flexibility index (Phi) is 4.04. The highest BCUT2D eigenvalue weighted by molar-refractivity contribution is 7.14. The number of halogens is 1.